The zero-order valence-corrected chi connectivity index (χ0v) is 27.2. The number of para-hydroxylation sites is 1. The number of hydrogen-bond donors (Lipinski definition) is 0. The summed E-state index contributed by atoms with van der Waals surface area (Å²) in [5, 5.41) is 9.96. The molecule has 0 bridgehead atoms. The van der Waals surface area contributed by atoms with E-state index in [4.69, 9.17) is 4.74 Å². The molecule has 49 heavy (non-hydrogen) atoms. The molecule has 1 aliphatic heterocycles. The Morgan fingerprint density at radius 2 is 0.980 bits per heavy atom. The van der Waals surface area contributed by atoms with E-state index in [0.717, 1.165) is 17.1 Å². The fourth-order valence-electron chi connectivity index (χ4n) is 7.11. The van der Waals surface area contributed by atoms with Gasteiger partial charge in [0.25, 0.3) is 0 Å². The van der Waals surface area contributed by atoms with Crippen LogP contribution in [-0.4, -0.2) is 7.05 Å². The summed E-state index contributed by atoms with van der Waals surface area (Å²) in [6, 6.07) is 64.5. The zero-order chi connectivity index (χ0) is 32.7. The van der Waals surface area contributed by atoms with Crippen LogP contribution in [0.4, 0.5) is 11.4 Å². The third kappa shape index (κ3) is 5.24. The molecule has 2 heteroatoms. The molecule has 9 aromatic rings. The summed E-state index contributed by atoms with van der Waals surface area (Å²) < 4.78 is 6.49. The summed E-state index contributed by atoms with van der Waals surface area (Å²) in [7, 11) is 2.11. The highest BCUT2D eigenvalue weighted by molar-refractivity contribution is 6.16. The van der Waals surface area contributed by atoms with Crippen molar-refractivity contribution in [2.24, 2.45) is 0 Å². The first kappa shape index (κ1) is 28.8. The van der Waals surface area contributed by atoms with Crippen LogP contribution in [0, 0.1) is 0 Å². The molecule has 0 radical (unpaired) electrons. The Morgan fingerprint density at radius 3 is 1.76 bits per heavy atom. The lowest BCUT2D eigenvalue weighted by Crippen LogP contribution is -2.08. The van der Waals surface area contributed by atoms with Gasteiger partial charge in [0.1, 0.15) is 11.5 Å². The van der Waals surface area contributed by atoms with E-state index in [1.165, 1.54) is 71.2 Å². The van der Waals surface area contributed by atoms with Crippen LogP contribution in [0.2, 0.25) is 0 Å². The lowest BCUT2D eigenvalue weighted by Gasteiger charge is -2.23. The highest BCUT2D eigenvalue weighted by Crippen LogP contribution is 2.49. The zero-order valence-electron chi connectivity index (χ0n) is 27.2. The maximum atomic E-state index is 6.49. The molecule has 0 saturated carbocycles. The van der Waals surface area contributed by atoms with Crippen molar-refractivity contribution >= 4 is 54.5 Å². The summed E-state index contributed by atoms with van der Waals surface area (Å²) >= 11 is 0. The SMILES string of the molecule is CN(c1ccccc1)c1ccc2cc(-c3ccc4c(c3)-c3cccc5c3c(cc3ccccc35)O4)ccc2c1.c1ccc2ccccc2c1. The molecule has 0 spiro atoms. The minimum absolute atomic E-state index is 0.906. The van der Waals surface area contributed by atoms with E-state index in [1.54, 1.807) is 0 Å². The number of rotatable bonds is 3. The van der Waals surface area contributed by atoms with Crippen molar-refractivity contribution in [2.45, 2.75) is 0 Å². The number of fused-ring (bicyclic) bond motifs is 6. The second-order valence-electron chi connectivity index (χ2n) is 12.6. The van der Waals surface area contributed by atoms with Gasteiger partial charge < -0.3 is 9.64 Å². The molecule has 0 aromatic heterocycles. The van der Waals surface area contributed by atoms with E-state index in [2.05, 4.69) is 188 Å². The molecule has 232 valence electrons. The molecule has 2 nitrogen and oxygen atoms in total. The van der Waals surface area contributed by atoms with Gasteiger partial charge in [0.05, 0.1) is 0 Å². The van der Waals surface area contributed by atoms with E-state index in [0.29, 0.717) is 0 Å². The molecule has 10 rings (SSSR count). The van der Waals surface area contributed by atoms with Gasteiger partial charge in [-0.05, 0) is 103 Å². The average Bonchev–Trinajstić information content (AvgIpc) is 3.18. The van der Waals surface area contributed by atoms with Crippen LogP contribution in [-0.2, 0) is 0 Å². The van der Waals surface area contributed by atoms with Gasteiger partial charge in [0, 0.05) is 29.4 Å². The van der Waals surface area contributed by atoms with Crippen molar-refractivity contribution in [3.63, 3.8) is 0 Å². The molecule has 0 aliphatic carbocycles. The Balaban J connectivity index is 0.000000278. The first-order chi connectivity index (χ1) is 24.2. The second kappa shape index (κ2) is 12.0. The predicted octanol–water partition coefficient (Wildman–Crippen LogP) is 13.2. The molecule has 0 atom stereocenters. The molecule has 1 aliphatic rings. The highest BCUT2D eigenvalue weighted by Gasteiger charge is 2.22. The van der Waals surface area contributed by atoms with Crippen LogP contribution in [0.5, 0.6) is 11.5 Å². The van der Waals surface area contributed by atoms with Gasteiger partial charge in [-0.1, -0.05) is 133 Å². The van der Waals surface area contributed by atoms with Gasteiger partial charge in [-0.3, -0.25) is 0 Å². The van der Waals surface area contributed by atoms with Gasteiger partial charge in [0.2, 0.25) is 0 Å². The number of ether oxygens (including phenoxy) is 1. The first-order valence-corrected chi connectivity index (χ1v) is 16.7. The normalized spacial score (nSPS) is 11.5. The standard InChI is InChI=1S/C37H25NO.C10H8/c1-38(29-9-3-2-4-10-29)30-18-16-25-20-24(14-15-26(25)21-30)27-17-19-35-34(22-27)33-13-7-12-32-31-11-6-5-8-28(31)23-36(39-35)37(32)33;1-2-6-10-8-4-3-7-9(10)5-1/h2-23H,1H3;1-8H. The fraction of sp³-hybridized carbons (Fsp3) is 0.0213. The number of anilines is 2. The van der Waals surface area contributed by atoms with Gasteiger partial charge in [0.15, 0.2) is 0 Å². The van der Waals surface area contributed by atoms with Crippen molar-refractivity contribution in [1.29, 1.82) is 0 Å². The third-order valence-corrected chi connectivity index (χ3v) is 9.68. The van der Waals surface area contributed by atoms with Crippen LogP contribution >= 0.6 is 0 Å². The van der Waals surface area contributed by atoms with E-state index in [1.807, 2.05) is 6.07 Å². The topological polar surface area (TPSA) is 12.5 Å². The van der Waals surface area contributed by atoms with E-state index >= 15 is 0 Å². The van der Waals surface area contributed by atoms with Crippen molar-refractivity contribution in [2.75, 3.05) is 11.9 Å². The van der Waals surface area contributed by atoms with Crippen molar-refractivity contribution < 1.29 is 4.74 Å². The molecular weight excluding hydrogens is 595 g/mol. The maximum Gasteiger partial charge on any atom is 0.136 e. The molecule has 0 fully saturated rings. The quantitative estimate of drug-likeness (QED) is 0.181. The van der Waals surface area contributed by atoms with Crippen molar-refractivity contribution in [3.8, 4) is 33.8 Å². The van der Waals surface area contributed by atoms with Crippen LogP contribution in [0.15, 0.2) is 182 Å². The molecular formula is C47H33NO. The molecule has 1 heterocycles. The summed E-state index contributed by atoms with van der Waals surface area (Å²) in [5.41, 5.74) is 7.10. The second-order valence-corrected chi connectivity index (χ2v) is 12.6. The molecule has 0 saturated heterocycles. The van der Waals surface area contributed by atoms with E-state index in [9.17, 15) is 0 Å². The lowest BCUT2D eigenvalue weighted by molar-refractivity contribution is 0.488. The van der Waals surface area contributed by atoms with Gasteiger partial charge in [-0.15, -0.1) is 0 Å². The van der Waals surface area contributed by atoms with Crippen LogP contribution in [0.25, 0.3) is 65.3 Å². The summed E-state index contributed by atoms with van der Waals surface area (Å²) in [5.74, 6) is 1.84. The number of hydrogen-bond acceptors (Lipinski definition) is 2. The number of benzene rings is 9. The monoisotopic (exact) mass is 627 g/mol. The van der Waals surface area contributed by atoms with E-state index < -0.39 is 0 Å². The van der Waals surface area contributed by atoms with E-state index in [-0.39, 0.29) is 0 Å². The van der Waals surface area contributed by atoms with Crippen molar-refractivity contribution in [3.05, 3.63) is 182 Å². The minimum atomic E-state index is 0.906. The van der Waals surface area contributed by atoms with Crippen LogP contribution in [0.3, 0.4) is 0 Å². The molecule has 0 unspecified atom stereocenters. The van der Waals surface area contributed by atoms with Gasteiger partial charge in [-0.2, -0.15) is 0 Å². The first-order valence-electron chi connectivity index (χ1n) is 16.7. The Bertz CT molecular complexity index is 2590. The maximum absolute atomic E-state index is 6.49. The molecule has 0 N–H and O–H groups in total. The Hall–Kier alpha value is -6.38. The Labute approximate surface area is 286 Å². The summed E-state index contributed by atoms with van der Waals surface area (Å²) in [6.07, 6.45) is 0. The van der Waals surface area contributed by atoms with Crippen molar-refractivity contribution in [1.82, 2.24) is 0 Å². The lowest BCUT2D eigenvalue weighted by atomic mass is 9.90. The summed E-state index contributed by atoms with van der Waals surface area (Å²) in [4.78, 5) is 2.22. The smallest absolute Gasteiger partial charge is 0.136 e. The largest absolute Gasteiger partial charge is 0.456 e. The minimum Gasteiger partial charge on any atom is -0.456 e. The molecule has 9 aromatic carbocycles. The van der Waals surface area contributed by atoms with Crippen LogP contribution < -0.4 is 9.64 Å². The Morgan fingerprint density at radius 1 is 0.367 bits per heavy atom. The fourth-order valence-corrected chi connectivity index (χ4v) is 7.11. The number of nitrogens with zero attached hydrogens (tertiary/aromatic N) is 1. The average molecular weight is 628 g/mol. The third-order valence-electron chi connectivity index (χ3n) is 9.68. The van der Waals surface area contributed by atoms with Gasteiger partial charge >= 0.3 is 0 Å². The van der Waals surface area contributed by atoms with Crippen LogP contribution in [0.1, 0.15) is 0 Å². The molecule has 0 amide bonds. The van der Waals surface area contributed by atoms with Gasteiger partial charge in [-0.25, -0.2) is 0 Å². The summed E-state index contributed by atoms with van der Waals surface area (Å²) in [6.45, 7) is 0. The highest BCUT2D eigenvalue weighted by atomic mass is 16.5. The predicted molar refractivity (Wildman–Crippen MR) is 208 cm³/mol. The Kier molecular flexibility index (Phi) is 7.06.